The Morgan fingerprint density at radius 3 is 2.78 bits per heavy atom. The number of aryl methyl sites for hydroxylation is 2. The molecule has 0 amide bonds. The Morgan fingerprint density at radius 2 is 2.00 bits per heavy atom. The maximum absolute atomic E-state index is 5.98. The molecule has 7 nitrogen and oxygen atoms in total. The summed E-state index contributed by atoms with van der Waals surface area (Å²) in [6, 6.07) is 7.32. The topological polar surface area (TPSA) is 90.2 Å². The molecule has 0 spiro atoms. The number of azo groups is 1. The summed E-state index contributed by atoms with van der Waals surface area (Å²) in [4.78, 5) is 4.66. The van der Waals surface area contributed by atoms with Gasteiger partial charge in [0.1, 0.15) is 5.75 Å². The smallest absolute Gasteiger partial charge is 0.185 e. The van der Waals surface area contributed by atoms with Gasteiger partial charge in [-0.3, -0.25) is 0 Å². The molecule has 3 aromatic rings. The molecule has 116 valence electrons. The number of nitrogen functional groups attached to an aromatic ring is 1. The van der Waals surface area contributed by atoms with E-state index < -0.39 is 0 Å². The van der Waals surface area contributed by atoms with Crippen molar-refractivity contribution in [3.8, 4) is 5.75 Å². The second kappa shape index (κ2) is 5.35. The minimum atomic E-state index is 0.332. The molecule has 1 aliphatic rings. The van der Waals surface area contributed by atoms with E-state index in [1.165, 1.54) is 5.56 Å². The first kappa shape index (κ1) is 13.7. The number of nitrogens with two attached hydrogens (primary N) is 1. The molecule has 0 bridgehead atoms. The molecule has 2 heterocycles. The van der Waals surface area contributed by atoms with Crippen molar-refractivity contribution in [1.29, 1.82) is 0 Å². The standard InChI is InChI=1S/C16H16N6O/c1-23-12-7-5-11(6-8-12)19-20-14-15(17)21-22-9-10-3-2-4-13(10)18-16(14)22/h5-9H,2-4H2,1H3,(H2,17,21). The zero-order valence-electron chi connectivity index (χ0n) is 12.7. The number of benzene rings is 1. The summed E-state index contributed by atoms with van der Waals surface area (Å²) < 4.78 is 6.82. The van der Waals surface area contributed by atoms with Gasteiger partial charge in [0.05, 0.1) is 12.8 Å². The van der Waals surface area contributed by atoms with Crippen molar-refractivity contribution in [2.75, 3.05) is 12.8 Å². The summed E-state index contributed by atoms with van der Waals surface area (Å²) in [7, 11) is 1.63. The van der Waals surface area contributed by atoms with Crippen LogP contribution in [0.3, 0.4) is 0 Å². The zero-order valence-corrected chi connectivity index (χ0v) is 12.7. The van der Waals surface area contributed by atoms with E-state index in [-0.39, 0.29) is 0 Å². The molecule has 23 heavy (non-hydrogen) atoms. The van der Waals surface area contributed by atoms with Crippen LogP contribution in [0.1, 0.15) is 17.7 Å². The minimum absolute atomic E-state index is 0.332. The number of hydrogen-bond acceptors (Lipinski definition) is 6. The largest absolute Gasteiger partial charge is 0.497 e. The fraction of sp³-hybridized carbons (Fsp3) is 0.250. The zero-order chi connectivity index (χ0) is 15.8. The Morgan fingerprint density at radius 1 is 1.17 bits per heavy atom. The van der Waals surface area contributed by atoms with E-state index in [0.717, 1.165) is 30.7 Å². The van der Waals surface area contributed by atoms with Crippen molar-refractivity contribution < 1.29 is 4.74 Å². The van der Waals surface area contributed by atoms with Crippen LogP contribution in [0.5, 0.6) is 5.75 Å². The highest BCUT2D eigenvalue weighted by Gasteiger charge is 2.18. The second-order valence-corrected chi connectivity index (χ2v) is 5.47. The summed E-state index contributed by atoms with van der Waals surface area (Å²) in [6.07, 6.45) is 5.16. The molecule has 4 rings (SSSR count). The maximum Gasteiger partial charge on any atom is 0.185 e. The van der Waals surface area contributed by atoms with Gasteiger partial charge in [0, 0.05) is 11.9 Å². The Bertz CT molecular complexity index is 897. The minimum Gasteiger partial charge on any atom is -0.497 e. The number of anilines is 1. The Hall–Kier alpha value is -2.96. The van der Waals surface area contributed by atoms with Crippen molar-refractivity contribution in [3.63, 3.8) is 0 Å². The fourth-order valence-electron chi connectivity index (χ4n) is 2.77. The number of aromatic nitrogens is 3. The van der Waals surface area contributed by atoms with E-state index in [0.29, 0.717) is 22.8 Å². The predicted molar refractivity (Wildman–Crippen MR) is 86.6 cm³/mol. The van der Waals surface area contributed by atoms with E-state index in [1.54, 1.807) is 11.6 Å². The Balaban J connectivity index is 1.72. The van der Waals surface area contributed by atoms with Crippen LogP contribution in [0.25, 0.3) is 5.65 Å². The molecule has 0 fully saturated rings. The summed E-state index contributed by atoms with van der Waals surface area (Å²) >= 11 is 0. The monoisotopic (exact) mass is 308 g/mol. The van der Waals surface area contributed by atoms with Crippen molar-refractivity contribution >= 4 is 22.8 Å². The number of methoxy groups -OCH3 is 1. The molecule has 1 aliphatic carbocycles. The van der Waals surface area contributed by atoms with Gasteiger partial charge in [-0.15, -0.1) is 10.2 Å². The van der Waals surface area contributed by atoms with E-state index >= 15 is 0 Å². The fourth-order valence-corrected chi connectivity index (χ4v) is 2.77. The number of rotatable bonds is 3. The van der Waals surface area contributed by atoms with E-state index in [2.05, 4.69) is 20.3 Å². The van der Waals surface area contributed by atoms with Gasteiger partial charge in [-0.1, -0.05) is 0 Å². The quantitative estimate of drug-likeness (QED) is 0.752. The number of nitrogens with zero attached hydrogens (tertiary/aromatic N) is 5. The van der Waals surface area contributed by atoms with Crippen molar-refractivity contribution in [1.82, 2.24) is 14.6 Å². The lowest BCUT2D eigenvalue weighted by molar-refractivity contribution is 0.415. The summed E-state index contributed by atoms with van der Waals surface area (Å²) in [5.74, 6) is 1.11. The lowest BCUT2D eigenvalue weighted by atomic mass is 10.3. The molecular weight excluding hydrogens is 292 g/mol. The molecule has 2 N–H and O–H groups in total. The molecule has 7 heteroatoms. The molecule has 0 atom stereocenters. The average Bonchev–Trinajstić information content (AvgIpc) is 3.14. The third-order valence-corrected chi connectivity index (χ3v) is 3.97. The highest BCUT2D eigenvalue weighted by Crippen LogP contribution is 2.31. The van der Waals surface area contributed by atoms with Crippen LogP contribution in [-0.4, -0.2) is 21.7 Å². The molecule has 0 saturated carbocycles. The maximum atomic E-state index is 5.98. The van der Waals surface area contributed by atoms with Crippen LogP contribution in [0, 0.1) is 0 Å². The Kier molecular flexibility index (Phi) is 3.18. The highest BCUT2D eigenvalue weighted by molar-refractivity contribution is 5.75. The Labute approximate surface area is 132 Å². The number of hydrogen-bond donors (Lipinski definition) is 1. The second-order valence-electron chi connectivity index (χ2n) is 5.47. The van der Waals surface area contributed by atoms with Crippen molar-refractivity contribution in [3.05, 3.63) is 41.7 Å². The van der Waals surface area contributed by atoms with Crippen molar-refractivity contribution in [2.45, 2.75) is 19.3 Å². The van der Waals surface area contributed by atoms with Crippen LogP contribution >= 0.6 is 0 Å². The molecule has 1 aromatic carbocycles. The van der Waals surface area contributed by atoms with Gasteiger partial charge in [-0.05, 0) is 49.1 Å². The van der Waals surface area contributed by atoms with Gasteiger partial charge in [0.2, 0.25) is 0 Å². The third kappa shape index (κ3) is 2.40. The van der Waals surface area contributed by atoms with Crippen molar-refractivity contribution in [2.24, 2.45) is 10.2 Å². The van der Waals surface area contributed by atoms with Gasteiger partial charge in [0.25, 0.3) is 0 Å². The summed E-state index contributed by atoms with van der Waals surface area (Å²) in [5.41, 5.74) is 10.2. The lowest BCUT2D eigenvalue weighted by Gasteiger charge is -2.00. The van der Waals surface area contributed by atoms with Gasteiger partial charge in [-0.2, -0.15) is 5.11 Å². The van der Waals surface area contributed by atoms with Crippen LogP contribution in [0.4, 0.5) is 17.2 Å². The SMILES string of the molecule is COc1ccc(N=Nc2c(N)nn3cc4c(nc23)CCC4)cc1. The first-order valence-electron chi connectivity index (χ1n) is 7.47. The third-order valence-electron chi connectivity index (χ3n) is 3.97. The molecule has 0 radical (unpaired) electrons. The molecule has 2 aromatic heterocycles. The molecule has 0 aliphatic heterocycles. The van der Waals surface area contributed by atoms with E-state index in [1.807, 2.05) is 30.5 Å². The normalized spacial score (nSPS) is 13.8. The summed E-state index contributed by atoms with van der Waals surface area (Å²) in [6.45, 7) is 0. The lowest BCUT2D eigenvalue weighted by Crippen LogP contribution is -1.96. The van der Waals surface area contributed by atoms with Gasteiger partial charge in [-0.25, -0.2) is 9.50 Å². The number of ether oxygens (including phenoxy) is 1. The van der Waals surface area contributed by atoms with Crippen LogP contribution in [0.15, 0.2) is 40.7 Å². The van der Waals surface area contributed by atoms with Gasteiger partial charge < -0.3 is 10.5 Å². The van der Waals surface area contributed by atoms with Crippen LogP contribution in [-0.2, 0) is 12.8 Å². The van der Waals surface area contributed by atoms with Gasteiger partial charge >= 0.3 is 0 Å². The van der Waals surface area contributed by atoms with Crippen LogP contribution in [0.2, 0.25) is 0 Å². The van der Waals surface area contributed by atoms with Crippen LogP contribution < -0.4 is 10.5 Å². The van der Waals surface area contributed by atoms with Gasteiger partial charge in [0.15, 0.2) is 17.2 Å². The first-order valence-corrected chi connectivity index (χ1v) is 7.47. The molecule has 0 saturated heterocycles. The average molecular weight is 308 g/mol. The number of fused-ring (bicyclic) bond motifs is 2. The molecular formula is C16H16N6O. The van der Waals surface area contributed by atoms with E-state index in [4.69, 9.17) is 10.5 Å². The van der Waals surface area contributed by atoms with E-state index in [9.17, 15) is 0 Å². The summed E-state index contributed by atoms with van der Waals surface area (Å²) in [5, 5.41) is 12.8. The first-order chi connectivity index (χ1) is 11.2. The highest BCUT2D eigenvalue weighted by atomic mass is 16.5. The molecule has 0 unspecified atom stereocenters. The predicted octanol–water partition coefficient (Wildman–Crippen LogP) is 3.22.